The number of methoxy groups -OCH3 is 1. The number of aliphatic hydroxyl groups is 1. The molecule has 0 aliphatic heterocycles. The Morgan fingerprint density at radius 2 is 2.00 bits per heavy atom. The molecule has 0 saturated carbocycles. The SMILES string of the molecule is COc1cncc(C(O)CC(C)CC(C)(C)C)c1. The van der Waals surface area contributed by atoms with Crippen molar-refractivity contribution in [1.82, 2.24) is 4.98 Å². The molecule has 0 spiro atoms. The van der Waals surface area contributed by atoms with Gasteiger partial charge in [0, 0.05) is 11.8 Å². The first-order valence-electron chi connectivity index (χ1n) is 6.49. The Balaban J connectivity index is 2.61. The molecule has 1 aromatic heterocycles. The van der Waals surface area contributed by atoms with Crippen LogP contribution in [0.5, 0.6) is 5.75 Å². The maximum absolute atomic E-state index is 10.2. The van der Waals surface area contributed by atoms with E-state index < -0.39 is 6.10 Å². The van der Waals surface area contributed by atoms with Crippen LogP contribution >= 0.6 is 0 Å². The molecule has 1 heterocycles. The van der Waals surface area contributed by atoms with Gasteiger partial charge in [-0.1, -0.05) is 27.7 Å². The minimum atomic E-state index is -0.468. The monoisotopic (exact) mass is 251 g/mol. The molecule has 0 saturated heterocycles. The van der Waals surface area contributed by atoms with E-state index in [0.717, 1.165) is 18.4 Å². The number of aliphatic hydroxyl groups excluding tert-OH is 1. The third-order valence-electron chi connectivity index (χ3n) is 2.94. The van der Waals surface area contributed by atoms with Gasteiger partial charge in [0.25, 0.3) is 0 Å². The molecule has 3 nitrogen and oxygen atoms in total. The number of aromatic nitrogens is 1. The van der Waals surface area contributed by atoms with E-state index in [2.05, 4.69) is 32.7 Å². The summed E-state index contributed by atoms with van der Waals surface area (Å²) >= 11 is 0. The highest BCUT2D eigenvalue weighted by molar-refractivity contribution is 5.24. The van der Waals surface area contributed by atoms with Crippen LogP contribution in [0.2, 0.25) is 0 Å². The summed E-state index contributed by atoms with van der Waals surface area (Å²) in [5.41, 5.74) is 1.13. The Morgan fingerprint density at radius 1 is 1.33 bits per heavy atom. The molecule has 0 aromatic carbocycles. The summed E-state index contributed by atoms with van der Waals surface area (Å²) in [5, 5.41) is 10.2. The third kappa shape index (κ3) is 5.05. The van der Waals surface area contributed by atoms with Crippen LogP contribution in [0.4, 0.5) is 0 Å². The van der Waals surface area contributed by atoms with Crippen molar-refractivity contribution in [3.63, 3.8) is 0 Å². The lowest BCUT2D eigenvalue weighted by Crippen LogP contribution is -2.13. The summed E-state index contributed by atoms with van der Waals surface area (Å²) < 4.78 is 5.12. The second-order valence-electron chi connectivity index (χ2n) is 6.28. The smallest absolute Gasteiger partial charge is 0.137 e. The van der Waals surface area contributed by atoms with E-state index in [9.17, 15) is 5.11 Å². The van der Waals surface area contributed by atoms with Crippen LogP contribution in [0, 0.1) is 11.3 Å². The summed E-state index contributed by atoms with van der Waals surface area (Å²) in [6, 6.07) is 1.85. The van der Waals surface area contributed by atoms with E-state index in [1.807, 2.05) is 6.07 Å². The zero-order chi connectivity index (χ0) is 13.8. The van der Waals surface area contributed by atoms with Crippen molar-refractivity contribution in [1.29, 1.82) is 0 Å². The van der Waals surface area contributed by atoms with E-state index in [-0.39, 0.29) is 0 Å². The maximum Gasteiger partial charge on any atom is 0.137 e. The quantitative estimate of drug-likeness (QED) is 0.869. The predicted octanol–water partition coefficient (Wildman–Crippen LogP) is 3.59. The van der Waals surface area contributed by atoms with E-state index in [0.29, 0.717) is 17.1 Å². The van der Waals surface area contributed by atoms with Crippen molar-refractivity contribution < 1.29 is 9.84 Å². The van der Waals surface area contributed by atoms with Crippen molar-refractivity contribution in [2.75, 3.05) is 7.11 Å². The van der Waals surface area contributed by atoms with Gasteiger partial charge in [-0.25, -0.2) is 0 Å². The molecule has 0 bridgehead atoms. The standard InChI is InChI=1S/C15H25NO2/c1-11(8-15(2,3)4)6-14(17)12-7-13(18-5)10-16-9-12/h7,9-11,14,17H,6,8H2,1-5H3. The fraction of sp³-hybridized carbons (Fsp3) is 0.667. The van der Waals surface area contributed by atoms with Crippen molar-refractivity contribution in [2.45, 2.75) is 46.6 Å². The van der Waals surface area contributed by atoms with Crippen LogP contribution in [0.3, 0.4) is 0 Å². The molecule has 3 heteroatoms. The molecule has 2 atom stereocenters. The molecule has 0 fully saturated rings. The first-order chi connectivity index (χ1) is 8.31. The largest absolute Gasteiger partial charge is 0.495 e. The molecule has 0 radical (unpaired) electrons. The van der Waals surface area contributed by atoms with Gasteiger partial charge in [0.05, 0.1) is 19.4 Å². The molecule has 0 aliphatic rings. The number of ether oxygens (including phenoxy) is 1. The van der Waals surface area contributed by atoms with Gasteiger partial charge < -0.3 is 9.84 Å². The van der Waals surface area contributed by atoms with Gasteiger partial charge in [-0.15, -0.1) is 0 Å². The molecule has 102 valence electrons. The van der Waals surface area contributed by atoms with Gasteiger partial charge in [0.1, 0.15) is 5.75 Å². The average molecular weight is 251 g/mol. The summed E-state index contributed by atoms with van der Waals surface area (Å²) in [5.74, 6) is 1.17. The first kappa shape index (κ1) is 15.0. The Hall–Kier alpha value is -1.09. The maximum atomic E-state index is 10.2. The van der Waals surface area contributed by atoms with Gasteiger partial charge in [-0.2, -0.15) is 0 Å². The zero-order valence-corrected chi connectivity index (χ0v) is 12.1. The molecule has 0 aliphatic carbocycles. The van der Waals surface area contributed by atoms with Gasteiger partial charge in [-0.05, 0) is 30.2 Å². The van der Waals surface area contributed by atoms with E-state index in [1.54, 1.807) is 19.5 Å². The van der Waals surface area contributed by atoms with Crippen LogP contribution in [-0.2, 0) is 0 Å². The average Bonchev–Trinajstić information content (AvgIpc) is 2.26. The van der Waals surface area contributed by atoms with Crippen LogP contribution < -0.4 is 4.74 Å². The molecule has 1 aromatic rings. The molecule has 18 heavy (non-hydrogen) atoms. The molecular weight excluding hydrogens is 226 g/mol. The molecular formula is C15H25NO2. The second kappa shape index (κ2) is 6.19. The van der Waals surface area contributed by atoms with Gasteiger partial charge in [0.2, 0.25) is 0 Å². The van der Waals surface area contributed by atoms with Gasteiger partial charge >= 0.3 is 0 Å². The minimum Gasteiger partial charge on any atom is -0.495 e. The Morgan fingerprint density at radius 3 is 2.56 bits per heavy atom. The Labute approximate surface area is 110 Å². The first-order valence-corrected chi connectivity index (χ1v) is 6.49. The minimum absolute atomic E-state index is 0.297. The van der Waals surface area contributed by atoms with Crippen molar-refractivity contribution >= 4 is 0 Å². The fourth-order valence-electron chi connectivity index (χ4n) is 2.38. The lowest BCUT2D eigenvalue weighted by atomic mass is 9.82. The number of hydrogen-bond donors (Lipinski definition) is 1. The van der Waals surface area contributed by atoms with E-state index in [1.165, 1.54) is 0 Å². The Bertz CT molecular complexity index is 371. The summed E-state index contributed by atoms with van der Waals surface area (Å²) in [6.45, 7) is 8.86. The molecule has 2 unspecified atom stereocenters. The van der Waals surface area contributed by atoms with Gasteiger partial charge in [-0.3, -0.25) is 4.98 Å². The lowest BCUT2D eigenvalue weighted by Gasteiger charge is -2.25. The highest BCUT2D eigenvalue weighted by Gasteiger charge is 2.19. The van der Waals surface area contributed by atoms with E-state index in [4.69, 9.17) is 4.74 Å². The highest BCUT2D eigenvalue weighted by Crippen LogP contribution is 2.30. The fourth-order valence-corrected chi connectivity index (χ4v) is 2.38. The zero-order valence-electron chi connectivity index (χ0n) is 12.1. The van der Waals surface area contributed by atoms with Crippen molar-refractivity contribution in [3.8, 4) is 5.75 Å². The lowest BCUT2D eigenvalue weighted by molar-refractivity contribution is 0.133. The molecule has 1 rings (SSSR count). The summed E-state index contributed by atoms with van der Waals surface area (Å²) in [7, 11) is 1.61. The summed E-state index contributed by atoms with van der Waals surface area (Å²) in [4.78, 5) is 4.07. The van der Waals surface area contributed by atoms with Crippen LogP contribution in [0.15, 0.2) is 18.5 Å². The topological polar surface area (TPSA) is 42.4 Å². The number of hydrogen-bond acceptors (Lipinski definition) is 3. The van der Waals surface area contributed by atoms with Gasteiger partial charge in [0.15, 0.2) is 0 Å². The molecule has 0 amide bonds. The van der Waals surface area contributed by atoms with Crippen LogP contribution in [-0.4, -0.2) is 17.2 Å². The van der Waals surface area contributed by atoms with Crippen LogP contribution in [0.25, 0.3) is 0 Å². The van der Waals surface area contributed by atoms with Crippen LogP contribution in [0.1, 0.15) is 52.2 Å². The summed E-state index contributed by atoms with van der Waals surface area (Å²) in [6.07, 6.45) is 4.74. The highest BCUT2D eigenvalue weighted by atomic mass is 16.5. The number of pyridine rings is 1. The van der Waals surface area contributed by atoms with Crippen molar-refractivity contribution in [3.05, 3.63) is 24.0 Å². The number of rotatable bonds is 5. The molecule has 1 N–H and O–H groups in total. The second-order valence-corrected chi connectivity index (χ2v) is 6.28. The predicted molar refractivity (Wildman–Crippen MR) is 73.6 cm³/mol. The normalized spacial score (nSPS) is 15.2. The van der Waals surface area contributed by atoms with Crippen molar-refractivity contribution in [2.24, 2.45) is 11.3 Å². The number of nitrogens with zero attached hydrogens (tertiary/aromatic N) is 1. The van der Waals surface area contributed by atoms with E-state index >= 15 is 0 Å². The third-order valence-corrected chi connectivity index (χ3v) is 2.94. The Kier molecular flexibility index (Phi) is 5.15.